The van der Waals surface area contributed by atoms with Crippen LogP contribution in [0.4, 0.5) is 0 Å². The molecule has 0 amide bonds. The van der Waals surface area contributed by atoms with E-state index in [9.17, 15) is 0 Å². The number of hydrogen-bond donors (Lipinski definition) is 0. The summed E-state index contributed by atoms with van der Waals surface area (Å²) < 4.78 is 18.2. The smallest absolute Gasteiger partial charge is 0.213 e. The van der Waals surface area contributed by atoms with Gasteiger partial charge in [0.2, 0.25) is 5.71 Å². The van der Waals surface area contributed by atoms with Crippen LogP contribution in [0.1, 0.15) is 0 Å². The Morgan fingerprint density at radius 1 is 0.362 bits per heavy atom. The number of rotatable bonds is 3. The Balaban J connectivity index is 1.03. The number of furan rings is 1. The lowest BCUT2D eigenvalue weighted by Crippen LogP contribution is -1.93. The van der Waals surface area contributed by atoms with Crippen molar-refractivity contribution in [3.8, 4) is 22.5 Å². The zero-order chi connectivity index (χ0) is 37.6. The summed E-state index contributed by atoms with van der Waals surface area (Å²) in [6.45, 7) is 0. The molecule has 0 saturated heterocycles. The zero-order valence-electron chi connectivity index (χ0n) is 30.7. The maximum atomic E-state index is 6.79. The molecule has 0 spiro atoms. The van der Waals surface area contributed by atoms with E-state index in [1.165, 1.54) is 93.8 Å². The highest BCUT2D eigenvalue weighted by atomic mass is 32.1. The van der Waals surface area contributed by atoms with Crippen LogP contribution in [0.3, 0.4) is 0 Å². The molecule has 0 radical (unpaired) electrons. The summed E-state index contributed by atoms with van der Waals surface area (Å²) in [7, 11) is 0. The van der Waals surface area contributed by atoms with Crippen LogP contribution in [-0.2, 0) is 0 Å². The molecule has 14 aromatic rings. The van der Waals surface area contributed by atoms with Gasteiger partial charge in [0, 0.05) is 62.6 Å². The predicted octanol–water partition coefficient (Wildman–Crippen LogP) is 16.2. The van der Waals surface area contributed by atoms with Crippen LogP contribution in [0.25, 0.3) is 127 Å². The van der Waals surface area contributed by atoms with Gasteiger partial charge in [-0.25, -0.2) is 0 Å². The second kappa shape index (κ2) is 11.5. The molecule has 6 aromatic heterocycles. The van der Waals surface area contributed by atoms with Crippen LogP contribution in [0.2, 0.25) is 0 Å². The highest BCUT2D eigenvalue weighted by molar-refractivity contribution is 7.27. The molecule has 8 aromatic carbocycles. The van der Waals surface area contributed by atoms with Gasteiger partial charge < -0.3 is 4.42 Å². The largest absolute Gasteiger partial charge is 0.439 e. The van der Waals surface area contributed by atoms with E-state index < -0.39 is 0 Å². The van der Waals surface area contributed by atoms with Gasteiger partial charge in [-0.1, -0.05) is 109 Å². The Morgan fingerprint density at radius 2 is 0.862 bits per heavy atom. The SMILES string of the molecule is c1ccc2c(c1)oc1c2c2cc(-c3ccc4c(c3)c3c5ccccc5sc3n4-c3cccc4c3sc3ccccc34)ccc2n1-c1cccc2c1sc1ccccc12. The number of aromatic nitrogens is 2. The fourth-order valence-corrected chi connectivity index (χ4v) is 13.3. The molecule has 0 N–H and O–H groups in total. The van der Waals surface area contributed by atoms with Gasteiger partial charge in [0.15, 0.2) is 0 Å². The number of benzene rings is 8. The molecule has 14 rings (SSSR count). The Morgan fingerprint density at radius 3 is 1.52 bits per heavy atom. The molecule has 0 aliphatic rings. The number of para-hydroxylation sites is 1. The minimum Gasteiger partial charge on any atom is -0.439 e. The molecular weight excluding hydrogens is 765 g/mol. The third-order valence-electron chi connectivity index (χ3n) is 12.2. The summed E-state index contributed by atoms with van der Waals surface area (Å²) in [4.78, 5) is 1.29. The van der Waals surface area contributed by atoms with Gasteiger partial charge in [-0.15, -0.1) is 34.0 Å². The molecule has 3 nitrogen and oxygen atoms in total. The lowest BCUT2D eigenvalue weighted by atomic mass is 10.00. The fourth-order valence-electron chi connectivity index (χ4n) is 9.64. The minimum absolute atomic E-state index is 0.882. The van der Waals surface area contributed by atoms with Gasteiger partial charge in [-0.2, -0.15) is 0 Å². The van der Waals surface area contributed by atoms with Crippen molar-refractivity contribution in [1.29, 1.82) is 0 Å². The van der Waals surface area contributed by atoms with E-state index in [-0.39, 0.29) is 0 Å². The van der Waals surface area contributed by atoms with Crippen molar-refractivity contribution in [3.63, 3.8) is 0 Å². The average Bonchev–Trinajstić information content (AvgIpc) is 4.11. The van der Waals surface area contributed by atoms with Gasteiger partial charge in [-0.3, -0.25) is 9.13 Å². The van der Waals surface area contributed by atoms with Gasteiger partial charge in [0.25, 0.3) is 0 Å². The van der Waals surface area contributed by atoms with Crippen molar-refractivity contribution >= 4 is 139 Å². The Kier molecular flexibility index (Phi) is 6.20. The second-order valence-corrected chi connectivity index (χ2v) is 18.3. The van der Waals surface area contributed by atoms with E-state index in [1.807, 2.05) is 34.0 Å². The minimum atomic E-state index is 0.882. The molecule has 270 valence electrons. The number of nitrogens with zero attached hydrogens (tertiary/aromatic N) is 2. The lowest BCUT2D eigenvalue weighted by Gasteiger charge is -2.10. The Labute approximate surface area is 342 Å². The van der Waals surface area contributed by atoms with Gasteiger partial charge in [0.1, 0.15) is 10.4 Å². The van der Waals surface area contributed by atoms with E-state index >= 15 is 0 Å². The van der Waals surface area contributed by atoms with Crippen molar-refractivity contribution in [2.75, 3.05) is 0 Å². The van der Waals surface area contributed by atoms with E-state index in [0.717, 1.165) is 33.3 Å². The standard InChI is InChI=1S/C52H28N2OS3/c1-5-19-43-35(13-1)47-37-27-29(23-25-39(37)53(51(47)55-43)41-17-9-15-33-31-11-2-6-20-44(31)56-49(33)41)30-24-26-40-38(28-30)48-36-14-4-8-22-46(36)58-52(48)54(40)42-18-10-16-34-32-12-3-7-21-45(32)57-50(34)42/h1-28H. The van der Waals surface area contributed by atoms with Gasteiger partial charge in [-0.05, 0) is 71.8 Å². The van der Waals surface area contributed by atoms with Crippen LogP contribution in [0.5, 0.6) is 0 Å². The fraction of sp³-hybridized carbons (Fsp3) is 0. The molecule has 0 bridgehead atoms. The predicted molar refractivity (Wildman–Crippen MR) is 251 cm³/mol. The van der Waals surface area contributed by atoms with Gasteiger partial charge >= 0.3 is 0 Å². The summed E-state index contributed by atoms with van der Waals surface area (Å²) in [5, 5.41) is 12.6. The third-order valence-corrected chi connectivity index (χ3v) is 15.7. The van der Waals surface area contributed by atoms with Crippen LogP contribution in [0.15, 0.2) is 174 Å². The van der Waals surface area contributed by atoms with E-state index in [1.54, 1.807) is 0 Å². The lowest BCUT2D eigenvalue weighted by molar-refractivity contribution is 0.646. The number of thiophene rings is 3. The van der Waals surface area contributed by atoms with Crippen molar-refractivity contribution < 1.29 is 4.42 Å². The molecule has 58 heavy (non-hydrogen) atoms. The first-order chi connectivity index (χ1) is 28.8. The van der Waals surface area contributed by atoms with Crippen molar-refractivity contribution in [1.82, 2.24) is 9.13 Å². The van der Waals surface area contributed by atoms with Crippen LogP contribution < -0.4 is 0 Å². The maximum absolute atomic E-state index is 6.79. The summed E-state index contributed by atoms with van der Waals surface area (Å²) in [5.41, 5.74) is 8.93. The van der Waals surface area contributed by atoms with Crippen molar-refractivity contribution in [2.45, 2.75) is 0 Å². The molecule has 0 fully saturated rings. The van der Waals surface area contributed by atoms with E-state index in [0.29, 0.717) is 0 Å². The molecule has 6 heterocycles. The highest BCUT2D eigenvalue weighted by Crippen LogP contribution is 2.48. The summed E-state index contributed by atoms with van der Waals surface area (Å²) in [6.07, 6.45) is 0. The molecule has 6 heteroatoms. The highest BCUT2D eigenvalue weighted by Gasteiger charge is 2.24. The third kappa shape index (κ3) is 4.11. The topological polar surface area (TPSA) is 23.0 Å². The molecular formula is C52H28N2OS3. The summed E-state index contributed by atoms with van der Waals surface area (Å²) >= 11 is 5.63. The molecule has 0 unspecified atom stereocenters. The van der Waals surface area contributed by atoms with E-state index in [4.69, 9.17) is 4.42 Å². The first-order valence-electron chi connectivity index (χ1n) is 19.5. The number of fused-ring (bicyclic) bond motifs is 16. The maximum Gasteiger partial charge on any atom is 0.213 e. The molecule has 0 saturated carbocycles. The van der Waals surface area contributed by atoms with Crippen LogP contribution in [0, 0.1) is 0 Å². The molecule has 0 aliphatic heterocycles. The van der Waals surface area contributed by atoms with Crippen LogP contribution in [-0.4, -0.2) is 9.13 Å². The van der Waals surface area contributed by atoms with E-state index in [2.05, 4.69) is 179 Å². The summed E-state index contributed by atoms with van der Waals surface area (Å²) in [6, 6.07) is 62.4. The first kappa shape index (κ1) is 31.4. The Bertz CT molecular complexity index is 3790. The number of hydrogen-bond acceptors (Lipinski definition) is 4. The van der Waals surface area contributed by atoms with Gasteiger partial charge in [0.05, 0.1) is 37.2 Å². The second-order valence-electron chi connectivity index (χ2n) is 15.2. The first-order valence-corrected chi connectivity index (χ1v) is 21.9. The molecule has 0 atom stereocenters. The van der Waals surface area contributed by atoms with Crippen molar-refractivity contribution in [2.24, 2.45) is 0 Å². The average molecular weight is 793 g/mol. The van der Waals surface area contributed by atoms with Crippen LogP contribution >= 0.6 is 34.0 Å². The molecule has 0 aliphatic carbocycles. The monoisotopic (exact) mass is 792 g/mol. The quantitative estimate of drug-likeness (QED) is 0.175. The Hall–Kier alpha value is -6.70. The zero-order valence-corrected chi connectivity index (χ0v) is 33.1. The van der Waals surface area contributed by atoms with Crippen molar-refractivity contribution in [3.05, 3.63) is 170 Å². The summed E-state index contributed by atoms with van der Waals surface area (Å²) in [5.74, 6) is 0. The normalized spacial score (nSPS) is 12.5.